The van der Waals surface area contributed by atoms with Gasteiger partial charge in [-0.15, -0.1) is 12.4 Å². The minimum absolute atomic E-state index is 0. The van der Waals surface area contributed by atoms with E-state index >= 15 is 0 Å². The highest BCUT2D eigenvalue weighted by Crippen LogP contribution is 2.27. The summed E-state index contributed by atoms with van der Waals surface area (Å²) in [7, 11) is 0. The molecule has 3 rings (SSSR count). The zero-order valence-electron chi connectivity index (χ0n) is 16.8. The third-order valence-corrected chi connectivity index (χ3v) is 5.15. The summed E-state index contributed by atoms with van der Waals surface area (Å²) in [5.74, 6) is 0.563. The molecule has 1 heterocycles. The fourth-order valence-electron chi connectivity index (χ4n) is 3.50. The zero-order valence-corrected chi connectivity index (χ0v) is 18.4. The Balaban J connectivity index is 0.00000300. The fourth-order valence-corrected chi connectivity index (χ4v) is 3.76. The number of hydrogen-bond donors (Lipinski definition) is 1. The maximum atomic E-state index is 12.4. The zero-order chi connectivity index (χ0) is 19.9. The van der Waals surface area contributed by atoms with Gasteiger partial charge in [-0.25, -0.2) is 0 Å². The second-order valence-electron chi connectivity index (χ2n) is 7.10. The molecule has 1 fully saturated rings. The summed E-state index contributed by atoms with van der Waals surface area (Å²) < 4.78 is 11.1. The molecule has 0 aromatic heterocycles. The summed E-state index contributed by atoms with van der Waals surface area (Å²) in [4.78, 5) is 14.7. The molecule has 5 nitrogen and oxygen atoms in total. The van der Waals surface area contributed by atoms with Crippen LogP contribution in [0.5, 0.6) is 5.75 Å². The molecule has 7 heteroatoms. The van der Waals surface area contributed by atoms with Gasteiger partial charge in [0.05, 0.1) is 19.3 Å². The molecule has 1 saturated heterocycles. The number of hydrogen-bond acceptors (Lipinski definition) is 4. The Bertz CT molecular complexity index is 790. The predicted molar refractivity (Wildman–Crippen MR) is 118 cm³/mol. The van der Waals surface area contributed by atoms with E-state index in [9.17, 15) is 4.79 Å². The molecule has 1 aliphatic rings. The van der Waals surface area contributed by atoms with Crippen LogP contribution >= 0.6 is 24.0 Å². The number of carbonyl (C=O) groups is 1. The first-order valence-electron chi connectivity index (χ1n) is 9.57. The molecule has 1 aliphatic heterocycles. The lowest BCUT2D eigenvalue weighted by molar-refractivity contribution is -0.123. The maximum absolute atomic E-state index is 12.4. The van der Waals surface area contributed by atoms with Gasteiger partial charge in [0, 0.05) is 24.7 Å². The van der Waals surface area contributed by atoms with Crippen molar-refractivity contribution in [2.75, 3.05) is 39.5 Å². The SMILES string of the molecule is Cc1cc(C)cc(OCC(=O)NCC(c2ccccc2Cl)N2CCOCC2)c1.Cl. The van der Waals surface area contributed by atoms with E-state index in [1.54, 1.807) is 0 Å². The van der Waals surface area contributed by atoms with Crippen LogP contribution in [0.15, 0.2) is 42.5 Å². The molecule has 29 heavy (non-hydrogen) atoms. The van der Waals surface area contributed by atoms with Crippen molar-refractivity contribution in [3.05, 3.63) is 64.2 Å². The topological polar surface area (TPSA) is 50.8 Å². The molecular weight excluding hydrogens is 411 g/mol. The van der Waals surface area contributed by atoms with Gasteiger partial charge in [0.2, 0.25) is 0 Å². The number of benzene rings is 2. The second-order valence-corrected chi connectivity index (χ2v) is 7.51. The smallest absolute Gasteiger partial charge is 0.258 e. The Labute approximate surface area is 183 Å². The largest absolute Gasteiger partial charge is 0.484 e. The van der Waals surface area contributed by atoms with Crippen molar-refractivity contribution in [2.24, 2.45) is 0 Å². The van der Waals surface area contributed by atoms with E-state index in [0.717, 1.165) is 29.8 Å². The van der Waals surface area contributed by atoms with E-state index in [0.29, 0.717) is 30.5 Å². The number of aryl methyl sites for hydroxylation is 2. The van der Waals surface area contributed by atoms with Crippen molar-refractivity contribution in [1.82, 2.24) is 10.2 Å². The molecule has 1 N–H and O–H groups in total. The van der Waals surface area contributed by atoms with Crippen molar-refractivity contribution in [2.45, 2.75) is 19.9 Å². The number of nitrogens with zero attached hydrogens (tertiary/aromatic N) is 1. The molecule has 1 amide bonds. The monoisotopic (exact) mass is 438 g/mol. The lowest BCUT2D eigenvalue weighted by Crippen LogP contribution is -2.44. The van der Waals surface area contributed by atoms with Gasteiger partial charge in [0.25, 0.3) is 5.91 Å². The third-order valence-electron chi connectivity index (χ3n) is 4.81. The number of nitrogens with one attached hydrogen (secondary N) is 1. The molecule has 0 spiro atoms. The summed E-state index contributed by atoms with van der Waals surface area (Å²) in [6.07, 6.45) is 0. The summed E-state index contributed by atoms with van der Waals surface area (Å²) >= 11 is 6.43. The van der Waals surface area contributed by atoms with Crippen molar-refractivity contribution < 1.29 is 14.3 Å². The molecule has 0 radical (unpaired) electrons. The molecule has 0 aliphatic carbocycles. The first-order valence-corrected chi connectivity index (χ1v) is 9.95. The minimum Gasteiger partial charge on any atom is -0.484 e. The van der Waals surface area contributed by atoms with Crippen molar-refractivity contribution >= 4 is 29.9 Å². The van der Waals surface area contributed by atoms with Crippen molar-refractivity contribution in [1.29, 1.82) is 0 Å². The van der Waals surface area contributed by atoms with Gasteiger partial charge in [-0.2, -0.15) is 0 Å². The molecule has 1 atom stereocenters. The van der Waals surface area contributed by atoms with Crippen LogP contribution in [0.1, 0.15) is 22.7 Å². The normalized spacial score (nSPS) is 15.3. The highest BCUT2D eigenvalue weighted by molar-refractivity contribution is 6.31. The molecule has 0 bridgehead atoms. The van der Waals surface area contributed by atoms with Crippen LogP contribution in [-0.4, -0.2) is 50.3 Å². The standard InChI is InChI=1S/C22H27ClN2O3.ClH/c1-16-11-17(2)13-18(12-16)28-15-22(26)24-14-21(25-7-9-27-10-8-25)19-5-3-4-6-20(19)23;/h3-6,11-13,21H,7-10,14-15H2,1-2H3,(H,24,26);1H. The van der Waals surface area contributed by atoms with E-state index in [1.165, 1.54) is 0 Å². The summed E-state index contributed by atoms with van der Waals surface area (Å²) in [6, 6.07) is 13.7. The lowest BCUT2D eigenvalue weighted by atomic mass is 10.0. The average Bonchev–Trinajstić information content (AvgIpc) is 2.68. The molecule has 2 aromatic carbocycles. The molecule has 2 aromatic rings. The number of halogens is 2. The number of rotatable bonds is 7. The van der Waals surface area contributed by atoms with Crippen LogP contribution in [-0.2, 0) is 9.53 Å². The van der Waals surface area contributed by atoms with Gasteiger partial charge in [-0.3, -0.25) is 9.69 Å². The quantitative estimate of drug-likeness (QED) is 0.710. The van der Waals surface area contributed by atoms with Gasteiger partial charge in [-0.1, -0.05) is 35.9 Å². The Kier molecular flexibility index (Phi) is 9.24. The van der Waals surface area contributed by atoms with Gasteiger partial charge >= 0.3 is 0 Å². The first-order chi connectivity index (χ1) is 13.5. The number of carbonyl (C=O) groups excluding carboxylic acids is 1. The second kappa shape index (κ2) is 11.4. The van der Waals surface area contributed by atoms with E-state index < -0.39 is 0 Å². The average molecular weight is 439 g/mol. The number of morpholine rings is 1. The van der Waals surface area contributed by atoms with Crippen LogP contribution in [0.4, 0.5) is 0 Å². The van der Waals surface area contributed by atoms with E-state index in [1.807, 2.05) is 50.2 Å². The van der Waals surface area contributed by atoms with Crippen molar-refractivity contribution in [3.8, 4) is 5.75 Å². The lowest BCUT2D eigenvalue weighted by Gasteiger charge is -2.35. The highest BCUT2D eigenvalue weighted by atomic mass is 35.5. The molecule has 1 unspecified atom stereocenters. The Morgan fingerprint density at radius 1 is 1.17 bits per heavy atom. The molecule has 158 valence electrons. The van der Waals surface area contributed by atoms with Gasteiger partial charge in [0.1, 0.15) is 5.75 Å². The number of amides is 1. The van der Waals surface area contributed by atoms with Crippen molar-refractivity contribution in [3.63, 3.8) is 0 Å². The van der Waals surface area contributed by atoms with E-state index in [2.05, 4.69) is 16.3 Å². The van der Waals surface area contributed by atoms with Gasteiger partial charge in [-0.05, 0) is 48.7 Å². The minimum atomic E-state index is -0.149. The first kappa shape index (κ1) is 23.5. The molecule has 0 saturated carbocycles. The van der Waals surface area contributed by atoms with Crippen LogP contribution in [0.3, 0.4) is 0 Å². The maximum Gasteiger partial charge on any atom is 0.258 e. The van der Waals surface area contributed by atoms with Gasteiger partial charge < -0.3 is 14.8 Å². The highest BCUT2D eigenvalue weighted by Gasteiger charge is 2.24. The summed E-state index contributed by atoms with van der Waals surface area (Å²) in [6.45, 7) is 7.47. The number of ether oxygens (including phenoxy) is 2. The predicted octanol–water partition coefficient (Wildman–Crippen LogP) is 3.95. The Morgan fingerprint density at radius 3 is 2.48 bits per heavy atom. The van der Waals surface area contributed by atoms with Gasteiger partial charge in [0.15, 0.2) is 6.61 Å². The molecular formula is C22H28Cl2N2O3. The van der Waals surface area contributed by atoms with E-state index in [-0.39, 0.29) is 31.0 Å². The fraction of sp³-hybridized carbons (Fsp3) is 0.409. The van der Waals surface area contributed by atoms with E-state index in [4.69, 9.17) is 21.1 Å². The van der Waals surface area contributed by atoms with Crippen LogP contribution in [0.2, 0.25) is 5.02 Å². The Hall–Kier alpha value is -1.79. The van der Waals surface area contributed by atoms with Crippen LogP contribution in [0.25, 0.3) is 0 Å². The van der Waals surface area contributed by atoms with Crippen LogP contribution in [0, 0.1) is 13.8 Å². The summed E-state index contributed by atoms with van der Waals surface area (Å²) in [5.41, 5.74) is 3.24. The summed E-state index contributed by atoms with van der Waals surface area (Å²) in [5, 5.41) is 3.71. The third kappa shape index (κ3) is 6.89. The van der Waals surface area contributed by atoms with Crippen LogP contribution < -0.4 is 10.1 Å². The Morgan fingerprint density at radius 2 is 1.83 bits per heavy atom.